The minimum atomic E-state index is -4.67. The summed E-state index contributed by atoms with van der Waals surface area (Å²) in [6.07, 6.45) is 2.58. The molecule has 2 heterocycles. The molecule has 3 aromatic rings. The predicted molar refractivity (Wildman–Crippen MR) is 112 cm³/mol. The number of rotatable bonds is 6. The van der Waals surface area contributed by atoms with E-state index in [1.807, 2.05) is 0 Å². The van der Waals surface area contributed by atoms with Crippen molar-refractivity contribution in [3.8, 4) is 11.6 Å². The van der Waals surface area contributed by atoms with Crippen LogP contribution in [0.4, 0.5) is 11.4 Å². The Morgan fingerprint density at radius 2 is 1.77 bits per heavy atom. The van der Waals surface area contributed by atoms with E-state index in [4.69, 9.17) is 4.55 Å². The first-order valence-corrected chi connectivity index (χ1v) is 10.3. The van der Waals surface area contributed by atoms with Crippen molar-refractivity contribution >= 4 is 33.4 Å². The molecule has 0 unspecified atom stereocenters. The minimum absolute atomic E-state index is 0. The van der Waals surface area contributed by atoms with Gasteiger partial charge in [-0.05, 0) is 31.2 Å². The second-order valence-electron chi connectivity index (χ2n) is 6.59. The molecule has 0 amide bonds. The van der Waals surface area contributed by atoms with Crippen molar-refractivity contribution in [2.75, 3.05) is 0 Å². The molecule has 2 aromatic heterocycles. The summed E-state index contributed by atoms with van der Waals surface area (Å²) in [4.78, 5) is 36.6. The average molecular weight is 507 g/mol. The Kier molecular flexibility index (Phi) is 10.1. The number of pyridine rings is 2. The molecule has 174 valence electrons. The molecule has 35 heavy (non-hydrogen) atoms. The largest absolute Gasteiger partial charge is 1.00 e. The van der Waals surface area contributed by atoms with Crippen LogP contribution in [0.15, 0.2) is 62.6 Å². The standard InChI is InChI=1S/C19H14N4O9S.Li.Na.2H/c1-9-14(22-21-13-5-4-11(33(30,31)32)7-12(13)19(28)29)16(24)20-17(25)15(9)23-6-2-3-10(8-23)18(26)27;;;;/h2-8H,1H3,(H4-,20,21,24,25,26,27,28,29,30,31,32);;;;/q;2*+1;2*-1/p+1. The number of carbonyl (C=O) groups is 2. The van der Waals surface area contributed by atoms with Gasteiger partial charge in [0.2, 0.25) is 5.88 Å². The van der Waals surface area contributed by atoms with E-state index >= 15 is 0 Å². The summed E-state index contributed by atoms with van der Waals surface area (Å²) >= 11 is 0. The van der Waals surface area contributed by atoms with Gasteiger partial charge in [0.25, 0.3) is 15.8 Å². The minimum Gasteiger partial charge on any atom is -1.00 e. The zero-order chi connectivity index (χ0) is 24.5. The zero-order valence-corrected chi connectivity index (χ0v) is 21.4. The molecule has 0 atom stereocenters. The Bertz CT molecular complexity index is 1520. The number of carboxylic acid groups (broad SMARTS) is 2. The summed E-state index contributed by atoms with van der Waals surface area (Å²) in [6, 6.07) is 5.29. The van der Waals surface area contributed by atoms with Gasteiger partial charge in [-0.3, -0.25) is 14.3 Å². The van der Waals surface area contributed by atoms with Gasteiger partial charge in [-0.2, -0.15) is 13.0 Å². The Hall–Kier alpha value is -2.83. The summed E-state index contributed by atoms with van der Waals surface area (Å²) in [5, 5.41) is 36.2. The van der Waals surface area contributed by atoms with Crippen LogP contribution < -0.4 is 58.5 Å². The van der Waals surface area contributed by atoms with Crippen molar-refractivity contribution in [1.29, 1.82) is 0 Å². The number of carboxylic acids is 2. The second-order valence-corrected chi connectivity index (χ2v) is 8.01. The summed E-state index contributed by atoms with van der Waals surface area (Å²) in [7, 11) is -4.67. The molecule has 0 aliphatic rings. The van der Waals surface area contributed by atoms with Crippen LogP contribution in [-0.4, -0.2) is 45.2 Å². The number of hydrogen-bond acceptors (Lipinski definition) is 8. The summed E-state index contributed by atoms with van der Waals surface area (Å²) in [6.45, 7) is 1.40. The number of aromatic hydroxyl groups is 1. The van der Waals surface area contributed by atoms with E-state index in [1.165, 1.54) is 36.0 Å². The van der Waals surface area contributed by atoms with E-state index in [-0.39, 0.29) is 79.5 Å². The van der Waals surface area contributed by atoms with Crippen LogP contribution in [0.5, 0.6) is 5.88 Å². The van der Waals surface area contributed by atoms with E-state index in [0.717, 1.165) is 12.1 Å². The smallest absolute Gasteiger partial charge is 1.00 e. The first-order chi connectivity index (χ1) is 15.4. The number of H-pyrrole nitrogens is 1. The Balaban J connectivity index is 0. The Morgan fingerprint density at radius 3 is 2.34 bits per heavy atom. The fourth-order valence-corrected chi connectivity index (χ4v) is 3.40. The van der Waals surface area contributed by atoms with Gasteiger partial charge < -0.3 is 18.2 Å². The summed E-state index contributed by atoms with van der Waals surface area (Å²) in [5.74, 6) is -3.48. The molecule has 3 rings (SSSR count). The van der Waals surface area contributed by atoms with Crippen LogP contribution in [0.25, 0.3) is 5.69 Å². The molecule has 0 saturated carbocycles. The number of hydrogen-bond donors (Lipinski definition) is 5. The number of azo groups is 1. The Labute approximate surface area is 234 Å². The number of aromatic amines is 1. The van der Waals surface area contributed by atoms with Gasteiger partial charge in [0.1, 0.15) is 11.3 Å². The molecule has 0 bridgehead atoms. The van der Waals surface area contributed by atoms with E-state index in [9.17, 15) is 38.1 Å². The van der Waals surface area contributed by atoms with E-state index in [1.54, 1.807) is 0 Å². The molecule has 0 radical (unpaired) electrons. The van der Waals surface area contributed by atoms with Gasteiger partial charge in [0.15, 0.2) is 18.1 Å². The van der Waals surface area contributed by atoms with Crippen LogP contribution in [0.2, 0.25) is 0 Å². The molecule has 0 aliphatic heterocycles. The fourth-order valence-electron chi connectivity index (χ4n) is 2.90. The van der Waals surface area contributed by atoms with Crippen LogP contribution >= 0.6 is 0 Å². The van der Waals surface area contributed by atoms with Gasteiger partial charge in [-0.1, -0.05) is 0 Å². The number of aromatic carboxylic acids is 2. The monoisotopic (exact) mass is 507 g/mol. The molecule has 16 heteroatoms. The molecule has 0 fully saturated rings. The van der Waals surface area contributed by atoms with E-state index in [0.29, 0.717) is 6.07 Å². The zero-order valence-electron chi connectivity index (χ0n) is 20.6. The average Bonchev–Trinajstić information content (AvgIpc) is 2.72. The summed E-state index contributed by atoms with van der Waals surface area (Å²) in [5.41, 5.74) is -2.03. The number of aromatic nitrogens is 2. The van der Waals surface area contributed by atoms with E-state index < -0.39 is 44.0 Å². The fraction of sp³-hybridized carbons (Fsp3) is 0.0526. The van der Waals surface area contributed by atoms with Crippen LogP contribution in [-0.2, 0) is 10.1 Å². The van der Waals surface area contributed by atoms with Crippen molar-refractivity contribution in [2.24, 2.45) is 10.2 Å². The van der Waals surface area contributed by atoms with Crippen molar-refractivity contribution in [1.82, 2.24) is 4.98 Å². The van der Waals surface area contributed by atoms with Crippen molar-refractivity contribution < 1.29 is 93.7 Å². The van der Waals surface area contributed by atoms with Crippen molar-refractivity contribution in [3.63, 3.8) is 0 Å². The van der Waals surface area contributed by atoms with Gasteiger partial charge in [-0.25, -0.2) is 9.59 Å². The first-order valence-electron chi connectivity index (χ1n) is 8.87. The number of nitrogens with one attached hydrogen (secondary N) is 1. The predicted octanol–water partition coefficient (Wildman–Crippen LogP) is -4.04. The maximum Gasteiger partial charge on any atom is 1.00 e. The van der Waals surface area contributed by atoms with Crippen molar-refractivity contribution in [3.05, 3.63) is 69.8 Å². The molecular formula is C19H17LiN4NaO9S+. The number of benzene rings is 1. The van der Waals surface area contributed by atoms with Crippen LogP contribution in [0, 0.1) is 6.92 Å². The molecular weight excluding hydrogens is 490 g/mol. The molecule has 0 spiro atoms. The quantitative estimate of drug-likeness (QED) is 0.0950. The van der Waals surface area contributed by atoms with E-state index in [2.05, 4.69) is 15.2 Å². The van der Waals surface area contributed by atoms with Gasteiger partial charge in [0.05, 0.1) is 16.0 Å². The molecule has 13 nitrogen and oxygen atoms in total. The van der Waals surface area contributed by atoms with Crippen LogP contribution in [0.1, 0.15) is 29.1 Å². The topological polar surface area (TPSA) is 211 Å². The molecule has 0 aliphatic carbocycles. The Morgan fingerprint density at radius 1 is 1.11 bits per heavy atom. The normalized spacial score (nSPS) is 10.9. The maximum atomic E-state index is 12.4. The van der Waals surface area contributed by atoms with Crippen molar-refractivity contribution in [2.45, 2.75) is 11.8 Å². The maximum absolute atomic E-state index is 12.4. The number of nitrogens with zero attached hydrogens (tertiary/aromatic N) is 3. The second kappa shape index (κ2) is 11.7. The third-order valence-electron chi connectivity index (χ3n) is 4.44. The summed E-state index contributed by atoms with van der Waals surface area (Å²) < 4.78 is 32.8. The van der Waals surface area contributed by atoms with Crippen LogP contribution in [0.3, 0.4) is 0 Å². The molecule has 5 N–H and O–H groups in total. The van der Waals surface area contributed by atoms with Gasteiger partial charge in [-0.15, -0.1) is 10.2 Å². The third-order valence-corrected chi connectivity index (χ3v) is 5.29. The third kappa shape index (κ3) is 6.65. The van der Waals surface area contributed by atoms with Gasteiger partial charge in [0, 0.05) is 6.07 Å². The first kappa shape index (κ1) is 30.2. The molecule has 1 aromatic carbocycles. The molecule has 0 saturated heterocycles. The SMILES string of the molecule is Cc1c(N=Nc2ccc(S(=O)(=O)O)cc2C(=O)O)c(O)[nH]c(=O)c1-[n+]1cccc(C(=O)O)c1.[H-].[H-].[Li+].[Na+]. The van der Waals surface area contributed by atoms with Gasteiger partial charge >= 0.3 is 65.9 Å².